The molecule has 2 aromatic rings. The highest BCUT2D eigenvalue weighted by atomic mass is 16.5. The van der Waals surface area contributed by atoms with E-state index in [1.165, 1.54) is 11.1 Å². The van der Waals surface area contributed by atoms with E-state index in [4.69, 9.17) is 4.74 Å². The van der Waals surface area contributed by atoms with Crippen LogP contribution in [0.2, 0.25) is 0 Å². The number of fused-ring (bicyclic) bond motifs is 1. The lowest BCUT2D eigenvalue weighted by Gasteiger charge is -2.14. The van der Waals surface area contributed by atoms with E-state index in [0.717, 1.165) is 25.2 Å². The van der Waals surface area contributed by atoms with Gasteiger partial charge in [-0.15, -0.1) is 0 Å². The lowest BCUT2D eigenvalue weighted by Crippen LogP contribution is -2.34. The lowest BCUT2D eigenvalue weighted by molar-refractivity contribution is 0.0940. The van der Waals surface area contributed by atoms with E-state index < -0.39 is 0 Å². The van der Waals surface area contributed by atoms with Crippen molar-refractivity contribution in [2.75, 3.05) is 6.61 Å². The summed E-state index contributed by atoms with van der Waals surface area (Å²) in [7, 11) is 0. The van der Waals surface area contributed by atoms with Crippen LogP contribution in [-0.2, 0) is 12.8 Å². The molecule has 1 N–H and O–H groups in total. The molecular weight excluding hydrogens is 262 g/mol. The normalized spacial score (nSPS) is 14.1. The maximum absolute atomic E-state index is 12.1. The van der Waals surface area contributed by atoms with Crippen LogP contribution in [-0.4, -0.2) is 18.6 Å². The molecule has 2 aromatic carbocycles. The van der Waals surface area contributed by atoms with Crippen molar-refractivity contribution in [1.82, 2.24) is 5.32 Å². The Hall–Kier alpha value is -2.29. The minimum atomic E-state index is -0.0207. The molecule has 1 aliphatic heterocycles. The van der Waals surface area contributed by atoms with Gasteiger partial charge in [-0.2, -0.15) is 0 Å². The topological polar surface area (TPSA) is 38.3 Å². The monoisotopic (exact) mass is 281 g/mol. The maximum atomic E-state index is 12.1. The highest BCUT2D eigenvalue weighted by Gasteiger charge is 2.14. The molecule has 3 rings (SSSR count). The molecule has 0 radical (unpaired) electrons. The first-order valence-corrected chi connectivity index (χ1v) is 7.33. The molecule has 0 aromatic heterocycles. The van der Waals surface area contributed by atoms with E-state index in [9.17, 15) is 4.79 Å². The summed E-state index contributed by atoms with van der Waals surface area (Å²) < 4.78 is 5.51. The Labute approximate surface area is 124 Å². The molecule has 0 aliphatic carbocycles. The van der Waals surface area contributed by atoms with Crippen molar-refractivity contribution in [3.05, 3.63) is 65.2 Å². The number of hydrogen-bond acceptors (Lipinski definition) is 2. The van der Waals surface area contributed by atoms with Gasteiger partial charge in [0.2, 0.25) is 0 Å². The molecule has 108 valence electrons. The van der Waals surface area contributed by atoms with E-state index in [1.807, 2.05) is 43.3 Å². The predicted molar refractivity (Wildman–Crippen MR) is 82.7 cm³/mol. The maximum Gasteiger partial charge on any atom is 0.251 e. The van der Waals surface area contributed by atoms with E-state index in [0.29, 0.717) is 5.56 Å². The molecule has 0 saturated carbocycles. The third kappa shape index (κ3) is 3.24. The van der Waals surface area contributed by atoms with Gasteiger partial charge in [-0.1, -0.05) is 30.3 Å². The molecule has 0 saturated heterocycles. The van der Waals surface area contributed by atoms with Crippen LogP contribution in [0.4, 0.5) is 0 Å². The van der Waals surface area contributed by atoms with Gasteiger partial charge in [0, 0.05) is 18.0 Å². The number of carbonyl (C=O) groups excluding carboxylic acids is 1. The zero-order valence-corrected chi connectivity index (χ0v) is 12.1. The van der Waals surface area contributed by atoms with E-state index in [-0.39, 0.29) is 11.9 Å². The Balaban J connectivity index is 1.61. The second kappa shape index (κ2) is 6.00. The SMILES string of the molecule is CC(Cc1ccc2c(c1)CCO2)NC(=O)c1ccccc1. The minimum Gasteiger partial charge on any atom is -0.493 e. The zero-order chi connectivity index (χ0) is 14.7. The van der Waals surface area contributed by atoms with Gasteiger partial charge < -0.3 is 10.1 Å². The molecule has 1 heterocycles. The second-order valence-electron chi connectivity index (χ2n) is 5.49. The highest BCUT2D eigenvalue weighted by Crippen LogP contribution is 2.26. The van der Waals surface area contributed by atoms with Crippen LogP contribution in [0.5, 0.6) is 5.75 Å². The first-order valence-electron chi connectivity index (χ1n) is 7.33. The molecule has 1 unspecified atom stereocenters. The third-order valence-corrected chi connectivity index (χ3v) is 3.71. The highest BCUT2D eigenvalue weighted by molar-refractivity contribution is 5.94. The van der Waals surface area contributed by atoms with Crippen LogP contribution in [0.15, 0.2) is 48.5 Å². The van der Waals surface area contributed by atoms with Gasteiger partial charge in [0.1, 0.15) is 5.75 Å². The first-order chi connectivity index (χ1) is 10.2. The van der Waals surface area contributed by atoms with Crippen LogP contribution in [0.1, 0.15) is 28.4 Å². The Morgan fingerprint density at radius 2 is 2.05 bits per heavy atom. The summed E-state index contributed by atoms with van der Waals surface area (Å²) in [5.41, 5.74) is 3.21. The molecule has 3 nitrogen and oxygen atoms in total. The van der Waals surface area contributed by atoms with Crippen LogP contribution in [0.25, 0.3) is 0 Å². The average molecular weight is 281 g/mol. The van der Waals surface area contributed by atoms with Crippen LogP contribution >= 0.6 is 0 Å². The number of ether oxygens (including phenoxy) is 1. The first kappa shape index (κ1) is 13.7. The molecule has 21 heavy (non-hydrogen) atoms. The summed E-state index contributed by atoms with van der Waals surface area (Å²) in [5, 5.41) is 3.04. The Morgan fingerprint density at radius 3 is 2.86 bits per heavy atom. The number of amides is 1. The molecular formula is C18H19NO2. The number of rotatable bonds is 4. The van der Waals surface area contributed by atoms with Crippen LogP contribution in [0.3, 0.4) is 0 Å². The Bertz CT molecular complexity index is 637. The van der Waals surface area contributed by atoms with Gasteiger partial charge in [0.15, 0.2) is 0 Å². The van der Waals surface area contributed by atoms with Crippen molar-refractivity contribution in [2.24, 2.45) is 0 Å². The Kier molecular flexibility index (Phi) is 3.91. The molecule has 0 bridgehead atoms. The van der Waals surface area contributed by atoms with Crippen LogP contribution < -0.4 is 10.1 Å². The zero-order valence-electron chi connectivity index (χ0n) is 12.1. The number of benzene rings is 2. The van der Waals surface area contributed by atoms with Gasteiger partial charge in [-0.25, -0.2) is 0 Å². The molecule has 0 spiro atoms. The van der Waals surface area contributed by atoms with Gasteiger partial charge in [0.25, 0.3) is 5.91 Å². The average Bonchev–Trinajstić information content (AvgIpc) is 2.95. The third-order valence-electron chi connectivity index (χ3n) is 3.71. The Morgan fingerprint density at radius 1 is 1.24 bits per heavy atom. The lowest BCUT2D eigenvalue weighted by atomic mass is 10.0. The number of carbonyl (C=O) groups is 1. The number of hydrogen-bond donors (Lipinski definition) is 1. The summed E-state index contributed by atoms with van der Waals surface area (Å²) in [6, 6.07) is 15.7. The minimum absolute atomic E-state index is 0.0207. The fourth-order valence-corrected chi connectivity index (χ4v) is 2.67. The summed E-state index contributed by atoms with van der Waals surface area (Å²) >= 11 is 0. The van der Waals surface area contributed by atoms with E-state index in [1.54, 1.807) is 0 Å². The summed E-state index contributed by atoms with van der Waals surface area (Å²) in [6.45, 7) is 2.81. The van der Waals surface area contributed by atoms with Crippen molar-refractivity contribution < 1.29 is 9.53 Å². The van der Waals surface area contributed by atoms with E-state index >= 15 is 0 Å². The van der Waals surface area contributed by atoms with Crippen molar-refractivity contribution >= 4 is 5.91 Å². The van der Waals surface area contributed by atoms with Gasteiger partial charge in [-0.3, -0.25) is 4.79 Å². The largest absolute Gasteiger partial charge is 0.493 e. The summed E-state index contributed by atoms with van der Waals surface area (Å²) in [6.07, 6.45) is 1.81. The molecule has 1 atom stereocenters. The van der Waals surface area contributed by atoms with Crippen LogP contribution in [0, 0.1) is 0 Å². The summed E-state index contributed by atoms with van der Waals surface area (Å²) in [5.74, 6) is 0.979. The fraction of sp³-hybridized carbons (Fsp3) is 0.278. The van der Waals surface area contributed by atoms with Gasteiger partial charge in [0.05, 0.1) is 6.61 Å². The predicted octanol–water partition coefficient (Wildman–Crippen LogP) is 2.98. The number of nitrogens with one attached hydrogen (secondary N) is 1. The standard InChI is InChI=1S/C18H19NO2/c1-13(19-18(20)15-5-3-2-4-6-15)11-14-7-8-17-16(12-14)9-10-21-17/h2-8,12-13H,9-11H2,1H3,(H,19,20). The molecule has 1 aliphatic rings. The van der Waals surface area contributed by atoms with Crippen molar-refractivity contribution in [2.45, 2.75) is 25.8 Å². The van der Waals surface area contributed by atoms with Crippen molar-refractivity contribution in [3.8, 4) is 5.75 Å². The van der Waals surface area contributed by atoms with E-state index in [2.05, 4.69) is 17.4 Å². The fourth-order valence-electron chi connectivity index (χ4n) is 2.67. The second-order valence-corrected chi connectivity index (χ2v) is 5.49. The quantitative estimate of drug-likeness (QED) is 0.935. The van der Waals surface area contributed by atoms with Gasteiger partial charge >= 0.3 is 0 Å². The summed E-state index contributed by atoms with van der Waals surface area (Å²) in [4.78, 5) is 12.1. The molecule has 1 amide bonds. The molecule has 3 heteroatoms. The molecule has 0 fully saturated rings. The smallest absolute Gasteiger partial charge is 0.251 e. The van der Waals surface area contributed by atoms with Crippen molar-refractivity contribution in [3.63, 3.8) is 0 Å². The van der Waals surface area contributed by atoms with Gasteiger partial charge in [-0.05, 0) is 42.7 Å². The van der Waals surface area contributed by atoms with Crippen molar-refractivity contribution in [1.29, 1.82) is 0 Å².